The summed E-state index contributed by atoms with van der Waals surface area (Å²) in [6, 6.07) is 7.52. The van der Waals surface area contributed by atoms with E-state index in [2.05, 4.69) is 0 Å². The van der Waals surface area contributed by atoms with Gasteiger partial charge in [-0.2, -0.15) is 0 Å². The lowest BCUT2D eigenvalue weighted by atomic mass is 10.1. The fourth-order valence-corrected chi connectivity index (χ4v) is 3.25. The van der Waals surface area contributed by atoms with Crippen LogP contribution in [-0.2, 0) is 9.59 Å². The van der Waals surface area contributed by atoms with E-state index in [1.807, 2.05) is 24.3 Å². The fourth-order valence-electron chi connectivity index (χ4n) is 2.07. The minimum absolute atomic E-state index is 0.418. The van der Waals surface area contributed by atoms with Crippen molar-refractivity contribution in [1.29, 1.82) is 0 Å². The van der Waals surface area contributed by atoms with Gasteiger partial charge in [-0.3, -0.25) is 14.4 Å². The first-order chi connectivity index (χ1) is 9.90. The van der Waals surface area contributed by atoms with E-state index in [-0.39, 0.29) is 0 Å². The summed E-state index contributed by atoms with van der Waals surface area (Å²) in [5.41, 5.74) is 5.85. The molecule has 0 radical (unpaired) electrons. The van der Waals surface area contributed by atoms with Crippen molar-refractivity contribution < 1.29 is 19.5 Å². The third kappa shape index (κ3) is 3.19. The summed E-state index contributed by atoms with van der Waals surface area (Å²) in [5.74, 6) is -2.43. The minimum Gasteiger partial charge on any atom is -0.480 e. The number of primary amides is 1. The summed E-state index contributed by atoms with van der Waals surface area (Å²) in [7, 11) is 0. The second kappa shape index (κ2) is 5.92. The van der Waals surface area contributed by atoms with Gasteiger partial charge in [0.1, 0.15) is 13.1 Å². The molecule has 0 saturated heterocycles. The zero-order chi connectivity index (χ0) is 15.6. The highest BCUT2D eigenvalue weighted by Gasteiger charge is 2.24. The molecule has 2 rings (SSSR count). The van der Waals surface area contributed by atoms with Crippen molar-refractivity contribution in [2.45, 2.75) is 6.92 Å². The number of nitrogens with zero attached hydrogens (tertiary/aromatic N) is 1. The largest absolute Gasteiger partial charge is 0.480 e. The van der Waals surface area contributed by atoms with Crippen molar-refractivity contribution in [3.05, 3.63) is 34.7 Å². The number of aryl methyl sites for hydroxylation is 1. The zero-order valence-electron chi connectivity index (χ0n) is 11.3. The van der Waals surface area contributed by atoms with Gasteiger partial charge in [-0.1, -0.05) is 18.2 Å². The lowest BCUT2D eigenvalue weighted by Gasteiger charge is -2.18. The Morgan fingerprint density at radius 2 is 1.90 bits per heavy atom. The highest BCUT2D eigenvalue weighted by Crippen LogP contribution is 2.31. The lowest BCUT2D eigenvalue weighted by Crippen LogP contribution is -2.41. The highest BCUT2D eigenvalue weighted by atomic mass is 32.1. The van der Waals surface area contributed by atoms with Gasteiger partial charge in [-0.25, -0.2) is 0 Å². The van der Waals surface area contributed by atoms with Crippen LogP contribution in [0.15, 0.2) is 24.3 Å². The van der Waals surface area contributed by atoms with Gasteiger partial charge in [-0.05, 0) is 23.9 Å². The number of rotatable bonds is 5. The molecule has 0 atom stereocenters. The molecule has 0 aliphatic carbocycles. The Hall–Kier alpha value is -2.41. The molecule has 0 spiro atoms. The third-order valence-corrected chi connectivity index (χ3v) is 4.26. The molecular weight excluding hydrogens is 292 g/mol. The van der Waals surface area contributed by atoms with Gasteiger partial charge in [0, 0.05) is 4.70 Å². The summed E-state index contributed by atoms with van der Waals surface area (Å²) in [6.45, 7) is 0.823. The first-order valence-corrected chi connectivity index (χ1v) is 6.99. The number of carbonyl (C=O) groups excluding carboxylic acids is 2. The maximum Gasteiger partial charge on any atom is 0.323 e. The topological polar surface area (TPSA) is 101 Å². The molecule has 6 nitrogen and oxygen atoms in total. The minimum atomic E-state index is -1.19. The number of hydrogen-bond donors (Lipinski definition) is 2. The Bertz CT molecular complexity index is 707. The molecule has 3 N–H and O–H groups in total. The first-order valence-electron chi connectivity index (χ1n) is 6.17. The van der Waals surface area contributed by atoms with E-state index in [9.17, 15) is 14.4 Å². The predicted octanol–water partition coefficient (Wildman–Crippen LogP) is 1.22. The Labute approximate surface area is 124 Å². The van der Waals surface area contributed by atoms with Crippen LogP contribution in [0.5, 0.6) is 0 Å². The van der Waals surface area contributed by atoms with Crippen LogP contribution >= 0.6 is 11.3 Å². The predicted molar refractivity (Wildman–Crippen MR) is 79.3 cm³/mol. The molecule has 110 valence electrons. The Balaban J connectivity index is 2.40. The second-order valence-corrected chi connectivity index (χ2v) is 5.63. The van der Waals surface area contributed by atoms with Gasteiger partial charge in [0.2, 0.25) is 5.91 Å². The first kappa shape index (κ1) is 15.0. The van der Waals surface area contributed by atoms with Gasteiger partial charge in [-0.15, -0.1) is 11.3 Å². The summed E-state index contributed by atoms with van der Waals surface area (Å²) >= 11 is 1.28. The summed E-state index contributed by atoms with van der Waals surface area (Å²) < 4.78 is 0.938. The number of carboxylic acid groups (broad SMARTS) is 1. The van der Waals surface area contributed by atoms with Crippen LogP contribution < -0.4 is 5.73 Å². The normalized spacial score (nSPS) is 10.5. The maximum absolute atomic E-state index is 12.5. The number of benzene rings is 1. The summed E-state index contributed by atoms with van der Waals surface area (Å²) in [5, 5.41) is 9.80. The van der Waals surface area contributed by atoms with Crippen LogP contribution in [0.3, 0.4) is 0 Å². The Morgan fingerprint density at radius 1 is 1.24 bits per heavy atom. The lowest BCUT2D eigenvalue weighted by molar-refractivity contribution is -0.138. The molecule has 2 aromatic rings. The third-order valence-electron chi connectivity index (χ3n) is 3.00. The van der Waals surface area contributed by atoms with Crippen molar-refractivity contribution in [3.63, 3.8) is 0 Å². The smallest absolute Gasteiger partial charge is 0.323 e. The number of carbonyl (C=O) groups is 3. The molecule has 1 aromatic heterocycles. The molecule has 2 amide bonds. The van der Waals surface area contributed by atoms with Gasteiger partial charge in [0.25, 0.3) is 5.91 Å². The average Bonchev–Trinajstić information content (AvgIpc) is 2.74. The molecule has 0 fully saturated rings. The SMILES string of the molecule is Cc1c(C(=O)N(CC(N)=O)CC(=O)O)sc2ccccc12. The number of aliphatic carboxylic acids is 1. The Morgan fingerprint density at radius 3 is 2.48 bits per heavy atom. The van der Waals surface area contributed by atoms with E-state index in [1.165, 1.54) is 11.3 Å². The van der Waals surface area contributed by atoms with Crippen LogP contribution in [0.4, 0.5) is 0 Å². The van der Waals surface area contributed by atoms with E-state index in [0.29, 0.717) is 4.88 Å². The van der Waals surface area contributed by atoms with Crippen LogP contribution in [0.1, 0.15) is 15.2 Å². The van der Waals surface area contributed by atoms with Crippen LogP contribution in [-0.4, -0.2) is 40.9 Å². The molecule has 0 aliphatic rings. The molecule has 0 bridgehead atoms. The Kier molecular flexibility index (Phi) is 4.23. The van der Waals surface area contributed by atoms with E-state index >= 15 is 0 Å². The molecule has 1 heterocycles. The maximum atomic E-state index is 12.5. The van der Waals surface area contributed by atoms with Crippen LogP contribution in [0, 0.1) is 6.92 Å². The van der Waals surface area contributed by atoms with E-state index in [4.69, 9.17) is 10.8 Å². The molecule has 0 saturated carbocycles. The van der Waals surface area contributed by atoms with Crippen LogP contribution in [0.25, 0.3) is 10.1 Å². The molecular formula is C14H14N2O4S. The number of carboxylic acids is 1. The number of hydrogen-bond acceptors (Lipinski definition) is 4. The van der Waals surface area contributed by atoms with Crippen molar-refractivity contribution in [2.75, 3.05) is 13.1 Å². The van der Waals surface area contributed by atoms with E-state index in [1.54, 1.807) is 6.92 Å². The molecule has 0 unspecified atom stereocenters. The number of fused-ring (bicyclic) bond motifs is 1. The van der Waals surface area contributed by atoms with Crippen LogP contribution in [0.2, 0.25) is 0 Å². The van der Waals surface area contributed by atoms with Crippen molar-refractivity contribution in [2.24, 2.45) is 5.73 Å². The fraction of sp³-hybridized carbons (Fsp3) is 0.214. The summed E-state index contributed by atoms with van der Waals surface area (Å²) in [6.07, 6.45) is 0. The van der Waals surface area contributed by atoms with E-state index in [0.717, 1.165) is 20.5 Å². The van der Waals surface area contributed by atoms with Gasteiger partial charge < -0.3 is 15.7 Å². The van der Waals surface area contributed by atoms with Crippen molar-refractivity contribution >= 4 is 39.2 Å². The zero-order valence-corrected chi connectivity index (χ0v) is 12.1. The molecule has 21 heavy (non-hydrogen) atoms. The van der Waals surface area contributed by atoms with Gasteiger partial charge >= 0.3 is 5.97 Å². The number of nitrogens with two attached hydrogens (primary N) is 1. The second-order valence-electron chi connectivity index (χ2n) is 4.57. The standard InChI is InChI=1S/C14H14N2O4S/c1-8-9-4-2-3-5-10(9)21-13(8)14(20)16(6-11(15)17)7-12(18)19/h2-5H,6-7H2,1H3,(H2,15,17)(H,18,19). The number of amides is 2. The highest BCUT2D eigenvalue weighted by molar-refractivity contribution is 7.21. The number of thiophene rings is 1. The average molecular weight is 306 g/mol. The molecule has 7 heteroatoms. The summed E-state index contributed by atoms with van der Waals surface area (Å²) in [4.78, 5) is 35.7. The van der Waals surface area contributed by atoms with Gasteiger partial charge in [0.05, 0.1) is 4.88 Å². The molecule has 0 aliphatic heterocycles. The molecule has 1 aromatic carbocycles. The van der Waals surface area contributed by atoms with Crippen molar-refractivity contribution in [3.8, 4) is 0 Å². The van der Waals surface area contributed by atoms with Crippen molar-refractivity contribution in [1.82, 2.24) is 4.90 Å². The van der Waals surface area contributed by atoms with E-state index < -0.39 is 30.9 Å². The van der Waals surface area contributed by atoms with Gasteiger partial charge in [0.15, 0.2) is 0 Å². The quantitative estimate of drug-likeness (QED) is 0.867. The monoisotopic (exact) mass is 306 g/mol.